The van der Waals surface area contributed by atoms with Crippen molar-refractivity contribution in [3.05, 3.63) is 65.0 Å². The van der Waals surface area contributed by atoms with Gasteiger partial charge in [-0.05, 0) is 34.1 Å². The Kier molecular flexibility index (Phi) is 3.42. The van der Waals surface area contributed by atoms with Gasteiger partial charge in [0.2, 0.25) is 0 Å². The minimum absolute atomic E-state index is 0.474. The van der Waals surface area contributed by atoms with E-state index in [1.165, 1.54) is 0 Å². The second-order valence-corrected chi connectivity index (χ2v) is 5.05. The average Bonchev–Trinajstić information content (AvgIpc) is 2.45. The predicted molar refractivity (Wildman–Crippen MR) is 78.0 cm³/mol. The van der Waals surface area contributed by atoms with Gasteiger partial charge in [-0.3, -0.25) is 9.97 Å². The van der Waals surface area contributed by atoms with Crippen LogP contribution >= 0.6 is 15.9 Å². The highest BCUT2D eigenvalue weighted by atomic mass is 79.9. The van der Waals surface area contributed by atoms with E-state index in [1.54, 1.807) is 18.6 Å². The van der Waals surface area contributed by atoms with Gasteiger partial charge in [-0.2, -0.15) is 0 Å². The number of hydrogen-bond acceptors (Lipinski definition) is 3. The SMILES string of the molecule is Brc1cncc(COc2cccc3cccnc23)c1. The Morgan fingerprint density at radius 2 is 2.00 bits per heavy atom. The van der Waals surface area contributed by atoms with Crippen molar-refractivity contribution in [1.82, 2.24) is 9.97 Å². The van der Waals surface area contributed by atoms with Crippen molar-refractivity contribution in [1.29, 1.82) is 0 Å². The molecular formula is C15H11BrN2O. The molecule has 3 aromatic rings. The third-order valence-corrected chi connectivity index (χ3v) is 3.19. The molecule has 0 fully saturated rings. The molecule has 3 rings (SSSR count). The standard InChI is InChI=1S/C15H11BrN2O/c16-13-7-11(8-17-9-13)10-19-14-5-1-3-12-4-2-6-18-15(12)14/h1-9H,10H2. The van der Waals surface area contributed by atoms with Gasteiger partial charge < -0.3 is 4.74 Å². The van der Waals surface area contributed by atoms with E-state index < -0.39 is 0 Å². The highest BCUT2D eigenvalue weighted by Gasteiger charge is 2.03. The van der Waals surface area contributed by atoms with Crippen LogP contribution in [0.15, 0.2) is 59.5 Å². The third-order valence-electron chi connectivity index (χ3n) is 2.75. The zero-order chi connectivity index (χ0) is 13.1. The molecule has 0 unspecified atom stereocenters. The fraction of sp³-hybridized carbons (Fsp3) is 0.0667. The Morgan fingerprint density at radius 3 is 2.89 bits per heavy atom. The molecule has 0 bridgehead atoms. The molecule has 0 atom stereocenters. The molecular weight excluding hydrogens is 304 g/mol. The van der Waals surface area contributed by atoms with Crippen molar-refractivity contribution in [3.8, 4) is 5.75 Å². The van der Waals surface area contributed by atoms with Crippen LogP contribution in [0.4, 0.5) is 0 Å². The summed E-state index contributed by atoms with van der Waals surface area (Å²) in [5, 5.41) is 1.08. The molecule has 94 valence electrons. The van der Waals surface area contributed by atoms with Crippen LogP contribution in [0, 0.1) is 0 Å². The van der Waals surface area contributed by atoms with Crippen LogP contribution in [0.3, 0.4) is 0 Å². The summed E-state index contributed by atoms with van der Waals surface area (Å²) in [6, 6.07) is 11.9. The van der Waals surface area contributed by atoms with Crippen LogP contribution in [0.5, 0.6) is 5.75 Å². The maximum Gasteiger partial charge on any atom is 0.146 e. The molecule has 0 aliphatic carbocycles. The minimum Gasteiger partial charge on any atom is -0.487 e. The van der Waals surface area contributed by atoms with Crippen LogP contribution in [0.25, 0.3) is 10.9 Å². The van der Waals surface area contributed by atoms with Gasteiger partial charge >= 0.3 is 0 Å². The lowest BCUT2D eigenvalue weighted by Gasteiger charge is -2.08. The summed E-state index contributed by atoms with van der Waals surface area (Å²) >= 11 is 3.40. The summed E-state index contributed by atoms with van der Waals surface area (Å²) in [7, 11) is 0. The van der Waals surface area contributed by atoms with Crippen molar-refractivity contribution in [2.45, 2.75) is 6.61 Å². The molecule has 19 heavy (non-hydrogen) atoms. The molecule has 0 radical (unpaired) electrons. The Balaban J connectivity index is 1.86. The van der Waals surface area contributed by atoms with E-state index in [9.17, 15) is 0 Å². The third kappa shape index (κ3) is 2.74. The maximum absolute atomic E-state index is 5.84. The second kappa shape index (κ2) is 5.36. The molecule has 2 aromatic heterocycles. The van der Waals surface area contributed by atoms with Crippen LogP contribution in [0.1, 0.15) is 5.56 Å². The summed E-state index contributed by atoms with van der Waals surface area (Å²) in [6.45, 7) is 0.474. The quantitative estimate of drug-likeness (QED) is 0.733. The second-order valence-electron chi connectivity index (χ2n) is 4.13. The largest absolute Gasteiger partial charge is 0.487 e. The molecule has 0 saturated carbocycles. The van der Waals surface area contributed by atoms with Crippen LogP contribution in [-0.4, -0.2) is 9.97 Å². The topological polar surface area (TPSA) is 35.0 Å². The number of aromatic nitrogens is 2. The molecule has 0 aliphatic rings. The lowest BCUT2D eigenvalue weighted by molar-refractivity contribution is 0.309. The van der Waals surface area contributed by atoms with Crippen molar-refractivity contribution >= 4 is 26.8 Å². The number of halogens is 1. The van der Waals surface area contributed by atoms with Gasteiger partial charge in [0, 0.05) is 34.0 Å². The van der Waals surface area contributed by atoms with Gasteiger partial charge in [0.05, 0.1) is 0 Å². The first kappa shape index (κ1) is 12.1. The normalized spacial score (nSPS) is 10.6. The fourth-order valence-electron chi connectivity index (χ4n) is 1.89. The van der Waals surface area contributed by atoms with E-state index >= 15 is 0 Å². The number of fused-ring (bicyclic) bond motifs is 1. The lowest BCUT2D eigenvalue weighted by Crippen LogP contribution is -1.97. The number of hydrogen-bond donors (Lipinski definition) is 0. The van der Waals surface area contributed by atoms with Crippen molar-refractivity contribution < 1.29 is 4.74 Å². The van der Waals surface area contributed by atoms with E-state index in [0.717, 1.165) is 26.7 Å². The van der Waals surface area contributed by atoms with Crippen LogP contribution < -0.4 is 4.74 Å². The highest BCUT2D eigenvalue weighted by molar-refractivity contribution is 9.10. The minimum atomic E-state index is 0.474. The van der Waals surface area contributed by atoms with E-state index in [4.69, 9.17) is 4.74 Å². The van der Waals surface area contributed by atoms with Gasteiger partial charge in [0.1, 0.15) is 17.9 Å². The molecule has 0 aliphatic heterocycles. The van der Waals surface area contributed by atoms with Crippen LogP contribution in [0.2, 0.25) is 0 Å². The Hall–Kier alpha value is -1.94. The highest BCUT2D eigenvalue weighted by Crippen LogP contribution is 2.24. The lowest BCUT2D eigenvalue weighted by atomic mass is 10.2. The van der Waals surface area contributed by atoms with E-state index in [1.807, 2.05) is 36.4 Å². The first-order chi connectivity index (χ1) is 9.33. The summed E-state index contributed by atoms with van der Waals surface area (Å²) in [4.78, 5) is 8.48. The molecule has 0 saturated heterocycles. The molecule has 1 aromatic carbocycles. The van der Waals surface area contributed by atoms with Crippen molar-refractivity contribution in [3.63, 3.8) is 0 Å². The van der Waals surface area contributed by atoms with Gasteiger partial charge in [-0.15, -0.1) is 0 Å². The number of rotatable bonds is 3. The number of pyridine rings is 2. The first-order valence-electron chi connectivity index (χ1n) is 5.89. The predicted octanol–water partition coefficient (Wildman–Crippen LogP) is 3.97. The maximum atomic E-state index is 5.84. The number of nitrogens with zero attached hydrogens (tertiary/aromatic N) is 2. The first-order valence-corrected chi connectivity index (χ1v) is 6.68. The van der Waals surface area contributed by atoms with Crippen molar-refractivity contribution in [2.75, 3.05) is 0 Å². The molecule has 2 heterocycles. The molecule has 4 heteroatoms. The summed E-state index contributed by atoms with van der Waals surface area (Å²) in [6.07, 6.45) is 5.32. The van der Waals surface area contributed by atoms with Gasteiger partial charge in [-0.25, -0.2) is 0 Å². The average molecular weight is 315 g/mol. The summed E-state index contributed by atoms with van der Waals surface area (Å²) in [5.74, 6) is 0.790. The van der Waals surface area contributed by atoms with Gasteiger partial charge in [0.15, 0.2) is 0 Å². The molecule has 0 N–H and O–H groups in total. The van der Waals surface area contributed by atoms with Crippen molar-refractivity contribution in [2.24, 2.45) is 0 Å². The molecule has 0 spiro atoms. The molecule has 3 nitrogen and oxygen atoms in total. The smallest absolute Gasteiger partial charge is 0.146 e. The Labute approximate surface area is 119 Å². The van der Waals surface area contributed by atoms with E-state index in [0.29, 0.717) is 6.61 Å². The fourth-order valence-corrected chi connectivity index (χ4v) is 2.30. The Bertz CT molecular complexity index is 710. The summed E-state index contributed by atoms with van der Waals surface area (Å²) in [5.41, 5.74) is 1.90. The number of para-hydroxylation sites is 1. The molecule has 0 amide bonds. The summed E-state index contributed by atoms with van der Waals surface area (Å²) < 4.78 is 6.79. The zero-order valence-corrected chi connectivity index (χ0v) is 11.7. The van der Waals surface area contributed by atoms with E-state index in [-0.39, 0.29) is 0 Å². The number of ether oxygens (including phenoxy) is 1. The van der Waals surface area contributed by atoms with Gasteiger partial charge in [0.25, 0.3) is 0 Å². The Morgan fingerprint density at radius 1 is 1.11 bits per heavy atom. The van der Waals surface area contributed by atoms with Gasteiger partial charge in [-0.1, -0.05) is 18.2 Å². The number of benzene rings is 1. The van der Waals surface area contributed by atoms with E-state index in [2.05, 4.69) is 25.9 Å². The monoisotopic (exact) mass is 314 g/mol. The zero-order valence-electron chi connectivity index (χ0n) is 10.1. The van der Waals surface area contributed by atoms with Crippen LogP contribution in [-0.2, 0) is 6.61 Å².